The lowest BCUT2D eigenvalue weighted by Gasteiger charge is -2.12. The summed E-state index contributed by atoms with van der Waals surface area (Å²) in [4.78, 5) is 17.2. The van der Waals surface area contributed by atoms with Crippen molar-refractivity contribution in [3.63, 3.8) is 0 Å². The number of carbonyl (C=O) groups is 1. The van der Waals surface area contributed by atoms with Crippen LogP contribution < -0.4 is 10.1 Å². The third-order valence-corrected chi connectivity index (χ3v) is 4.67. The molecule has 1 amide bonds. The highest BCUT2D eigenvalue weighted by Crippen LogP contribution is 2.33. The highest BCUT2D eigenvalue weighted by atomic mass is 32.1. The fourth-order valence-corrected chi connectivity index (χ4v) is 3.37. The predicted octanol–water partition coefficient (Wildman–Crippen LogP) is 3.59. The number of hydrogen-bond donors (Lipinski definition) is 1. The summed E-state index contributed by atoms with van der Waals surface area (Å²) < 4.78 is 11.1. The van der Waals surface area contributed by atoms with Gasteiger partial charge in [-0.25, -0.2) is 4.98 Å². The average molecular weight is 357 g/mol. The maximum absolute atomic E-state index is 12.1. The second kappa shape index (κ2) is 7.64. The number of thiazole rings is 1. The molecule has 1 aromatic heterocycles. The maximum Gasteiger partial charge on any atom is 0.255 e. The Kier molecular flexibility index (Phi) is 5.31. The van der Waals surface area contributed by atoms with Crippen molar-refractivity contribution < 1.29 is 14.3 Å². The molecular formula is C18H19N3O3S. The number of nitrogens with zero attached hydrogens (tertiary/aromatic N) is 2. The number of amides is 1. The van der Waals surface area contributed by atoms with Gasteiger partial charge in [0.15, 0.2) is 5.13 Å². The largest absolute Gasteiger partial charge is 0.490 e. The Morgan fingerprint density at radius 3 is 3.04 bits per heavy atom. The van der Waals surface area contributed by atoms with E-state index in [0.717, 1.165) is 23.3 Å². The van der Waals surface area contributed by atoms with Crippen LogP contribution in [0.1, 0.15) is 32.3 Å². The minimum Gasteiger partial charge on any atom is -0.490 e. The third kappa shape index (κ3) is 4.16. The van der Waals surface area contributed by atoms with Gasteiger partial charge in [-0.2, -0.15) is 5.26 Å². The molecule has 6 nitrogen and oxygen atoms in total. The Bertz CT molecular complexity index is 804. The highest BCUT2D eigenvalue weighted by Gasteiger charge is 2.24. The van der Waals surface area contributed by atoms with E-state index >= 15 is 0 Å². The van der Waals surface area contributed by atoms with Crippen molar-refractivity contribution in [2.45, 2.75) is 38.9 Å². The van der Waals surface area contributed by atoms with Crippen molar-refractivity contribution in [2.75, 3.05) is 11.9 Å². The van der Waals surface area contributed by atoms with E-state index in [1.54, 1.807) is 12.3 Å². The summed E-state index contributed by atoms with van der Waals surface area (Å²) in [7, 11) is 0. The molecule has 0 aliphatic carbocycles. The number of anilines is 1. The van der Waals surface area contributed by atoms with Gasteiger partial charge in [0.05, 0.1) is 16.5 Å². The molecule has 7 heteroatoms. The van der Waals surface area contributed by atoms with E-state index < -0.39 is 0 Å². The topological polar surface area (TPSA) is 84.2 Å². The summed E-state index contributed by atoms with van der Waals surface area (Å²) in [6.45, 7) is 4.46. The maximum atomic E-state index is 12.1. The van der Waals surface area contributed by atoms with Crippen LogP contribution in [-0.2, 0) is 9.53 Å². The molecule has 1 aliphatic rings. The van der Waals surface area contributed by atoms with Crippen molar-refractivity contribution >= 4 is 22.4 Å². The Morgan fingerprint density at radius 1 is 1.52 bits per heavy atom. The summed E-state index contributed by atoms with van der Waals surface area (Å²) in [5.74, 6) is 0.399. The molecular weight excluding hydrogens is 338 g/mol. The fraction of sp³-hybridized carbons (Fsp3) is 0.389. The van der Waals surface area contributed by atoms with Crippen molar-refractivity contribution in [2.24, 2.45) is 0 Å². The minimum atomic E-state index is -0.381. The molecule has 0 bridgehead atoms. The first kappa shape index (κ1) is 17.4. The molecule has 0 radical (unpaired) electrons. The predicted molar refractivity (Wildman–Crippen MR) is 95.6 cm³/mol. The molecule has 1 saturated heterocycles. The number of nitrogens with one attached hydrogen (secondary N) is 1. The second-order valence-electron chi connectivity index (χ2n) is 6.01. The highest BCUT2D eigenvalue weighted by molar-refractivity contribution is 7.19. The van der Waals surface area contributed by atoms with Crippen LogP contribution in [0.5, 0.6) is 5.75 Å². The minimum absolute atomic E-state index is 0.0231. The van der Waals surface area contributed by atoms with E-state index in [4.69, 9.17) is 9.47 Å². The van der Waals surface area contributed by atoms with E-state index in [0.29, 0.717) is 23.1 Å². The lowest BCUT2D eigenvalue weighted by atomic mass is 10.1. The van der Waals surface area contributed by atoms with E-state index in [-0.39, 0.29) is 18.1 Å². The van der Waals surface area contributed by atoms with Gasteiger partial charge in [0.25, 0.3) is 5.91 Å². The molecule has 1 atom stereocenters. The summed E-state index contributed by atoms with van der Waals surface area (Å²) in [6.07, 6.45) is 2.95. The molecule has 1 N–H and O–H groups in total. The number of hydrogen-bond acceptors (Lipinski definition) is 6. The molecule has 3 rings (SSSR count). The zero-order valence-electron chi connectivity index (χ0n) is 14.1. The number of nitriles is 1. The molecule has 0 unspecified atom stereocenters. The molecule has 2 heterocycles. The summed E-state index contributed by atoms with van der Waals surface area (Å²) in [5.41, 5.74) is 1.39. The van der Waals surface area contributed by atoms with Crippen LogP contribution in [0.3, 0.4) is 0 Å². The fourth-order valence-electron chi connectivity index (χ4n) is 2.56. The number of aromatic nitrogens is 1. The Hall–Kier alpha value is -2.43. The number of benzene rings is 1. The smallest absolute Gasteiger partial charge is 0.255 e. The number of rotatable bonds is 5. The molecule has 1 aromatic carbocycles. The van der Waals surface area contributed by atoms with Crippen LogP contribution in [0, 0.1) is 11.3 Å². The Labute approximate surface area is 150 Å². The van der Waals surface area contributed by atoms with Gasteiger partial charge in [0.1, 0.15) is 17.9 Å². The van der Waals surface area contributed by atoms with Gasteiger partial charge < -0.3 is 9.47 Å². The first-order valence-corrected chi connectivity index (χ1v) is 8.98. The molecule has 1 fully saturated rings. The third-order valence-electron chi connectivity index (χ3n) is 3.71. The molecule has 130 valence electrons. The summed E-state index contributed by atoms with van der Waals surface area (Å²) >= 11 is 1.38. The SMILES string of the molecule is CC(C)Oc1cc(-c2cnc(NC(=O)[C@@H]3CCCO3)s2)ccc1C#N. The first-order chi connectivity index (χ1) is 12.1. The normalized spacial score (nSPS) is 16.6. The lowest BCUT2D eigenvalue weighted by Crippen LogP contribution is -2.26. The van der Waals surface area contributed by atoms with E-state index in [1.165, 1.54) is 11.3 Å². The number of carbonyl (C=O) groups excluding carboxylic acids is 1. The van der Waals surface area contributed by atoms with E-state index in [9.17, 15) is 10.1 Å². The van der Waals surface area contributed by atoms with Gasteiger partial charge in [-0.1, -0.05) is 17.4 Å². The Balaban J connectivity index is 1.77. The van der Waals surface area contributed by atoms with Gasteiger partial charge in [0, 0.05) is 12.8 Å². The van der Waals surface area contributed by atoms with Crippen LogP contribution in [0.25, 0.3) is 10.4 Å². The average Bonchev–Trinajstić information content (AvgIpc) is 3.26. The summed E-state index contributed by atoms with van der Waals surface area (Å²) in [5, 5.41) is 12.5. The van der Waals surface area contributed by atoms with Crippen LogP contribution in [0.15, 0.2) is 24.4 Å². The van der Waals surface area contributed by atoms with Crippen LogP contribution in [0.2, 0.25) is 0 Å². The molecule has 0 saturated carbocycles. The van der Waals surface area contributed by atoms with Crippen molar-refractivity contribution in [1.82, 2.24) is 4.98 Å². The zero-order valence-corrected chi connectivity index (χ0v) is 14.9. The molecule has 0 spiro atoms. The summed E-state index contributed by atoms with van der Waals surface area (Å²) in [6, 6.07) is 7.55. The number of ether oxygens (including phenoxy) is 2. The van der Waals surface area contributed by atoms with Gasteiger partial charge >= 0.3 is 0 Å². The Morgan fingerprint density at radius 2 is 2.36 bits per heavy atom. The first-order valence-electron chi connectivity index (χ1n) is 8.16. The van der Waals surface area contributed by atoms with E-state index in [2.05, 4.69) is 16.4 Å². The van der Waals surface area contributed by atoms with Crippen molar-refractivity contribution in [3.8, 4) is 22.3 Å². The van der Waals surface area contributed by atoms with Gasteiger partial charge in [-0.3, -0.25) is 10.1 Å². The molecule has 2 aromatic rings. The zero-order chi connectivity index (χ0) is 17.8. The van der Waals surface area contributed by atoms with Crippen LogP contribution >= 0.6 is 11.3 Å². The van der Waals surface area contributed by atoms with Gasteiger partial charge in [0.2, 0.25) is 0 Å². The van der Waals surface area contributed by atoms with Gasteiger partial charge in [-0.05, 0) is 44.4 Å². The molecule has 1 aliphatic heterocycles. The second-order valence-corrected chi connectivity index (χ2v) is 7.04. The van der Waals surface area contributed by atoms with Gasteiger partial charge in [-0.15, -0.1) is 0 Å². The molecule has 25 heavy (non-hydrogen) atoms. The van der Waals surface area contributed by atoms with E-state index in [1.807, 2.05) is 26.0 Å². The monoisotopic (exact) mass is 357 g/mol. The lowest BCUT2D eigenvalue weighted by molar-refractivity contribution is -0.124. The van der Waals surface area contributed by atoms with Crippen LogP contribution in [0.4, 0.5) is 5.13 Å². The quantitative estimate of drug-likeness (QED) is 0.884. The van der Waals surface area contributed by atoms with Crippen molar-refractivity contribution in [1.29, 1.82) is 5.26 Å². The standard InChI is InChI=1S/C18H19N3O3S/c1-11(2)24-15-8-12(5-6-13(15)9-19)16-10-20-18(25-16)21-17(22)14-4-3-7-23-14/h5-6,8,10-11,14H,3-4,7H2,1-2H3,(H,20,21,22)/t14-/m0/s1. The van der Waals surface area contributed by atoms with Crippen molar-refractivity contribution in [3.05, 3.63) is 30.0 Å². The van der Waals surface area contributed by atoms with Crippen LogP contribution in [-0.4, -0.2) is 29.7 Å².